The number of nitrogens with one attached hydrogen (secondary N) is 1. The Morgan fingerprint density at radius 3 is 2.11 bits per heavy atom. The van der Waals surface area contributed by atoms with Crippen molar-refractivity contribution in [2.24, 2.45) is 0 Å². The number of hydrogen-bond acceptors (Lipinski definition) is 4. The van der Waals surface area contributed by atoms with E-state index in [0.717, 1.165) is 16.7 Å². The van der Waals surface area contributed by atoms with Gasteiger partial charge in [-0.3, -0.25) is 9.10 Å². The minimum Gasteiger partial charge on any atom is -0.497 e. The number of aryl methyl sites for hydroxylation is 1. The van der Waals surface area contributed by atoms with Gasteiger partial charge in [0.1, 0.15) is 5.75 Å². The largest absolute Gasteiger partial charge is 0.497 e. The zero-order valence-electron chi connectivity index (χ0n) is 20.2. The molecule has 4 rings (SSSR count). The van der Waals surface area contributed by atoms with Gasteiger partial charge in [-0.15, -0.1) is 0 Å². The van der Waals surface area contributed by atoms with E-state index in [2.05, 4.69) is 5.32 Å². The van der Waals surface area contributed by atoms with Crippen molar-refractivity contribution in [1.29, 1.82) is 0 Å². The molecule has 0 aliphatic rings. The molecule has 0 aromatic heterocycles. The van der Waals surface area contributed by atoms with Crippen molar-refractivity contribution < 1.29 is 17.9 Å². The molecule has 7 heteroatoms. The number of para-hydroxylation sites is 1. The zero-order valence-corrected chi connectivity index (χ0v) is 21.0. The molecule has 0 aliphatic heterocycles. The molecule has 0 radical (unpaired) electrons. The number of benzene rings is 4. The second-order valence-electron chi connectivity index (χ2n) is 8.36. The summed E-state index contributed by atoms with van der Waals surface area (Å²) in [6.45, 7) is 2.40. The number of anilines is 1. The van der Waals surface area contributed by atoms with Gasteiger partial charge in [0.25, 0.3) is 15.9 Å². The van der Waals surface area contributed by atoms with Crippen molar-refractivity contribution in [2.75, 3.05) is 11.4 Å². The second-order valence-corrected chi connectivity index (χ2v) is 10.2. The Labute approximate surface area is 212 Å². The molecule has 0 bridgehead atoms. The smallest absolute Gasteiger partial charge is 0.264 e. The van der Waals surface area contributed by atoms with Crippen LogP contribution in [-0.4, -0.2) is 21.4 Å². The Bertz CT molecular complexity index is 1420. The van der Waals surface area contributed by atoms with Crippen LogP contribution in [0.5, 0.6) is 5.75 Å². The number of nitrogens with zero attached hydrogens (tertiary/aromatic N) is 1. The van der Waals surface area contributed by atoms with E-state index in [-0.39, 0.29) is 22.9 Å². The van der Waals surface area contributed by atoms with Gasteiger partial charge in [0.15, 0.2) is 0 Å². The predicted octanol–water partition coefficient (Wildman–Crippen LogP) is 5.33. The minimum atomic E-state index is -4.01. The van der Waals surface area contributed by atoms with Crippen LogP contribution in [0.4, 0.5) is 5.69 Å². The molecule has 184 valence electrons. The van der Waals surface area contributed by atoms with Crippen LogP contribution in [0.3, 0.4) is 0 Å². The first-order valence-electron chi connectivity index (χ1n) is 11.5. The van der Waals surface area contributed by atoms with Gasteiger partial charge < -0.3 is 10.1 Å². The van der Waals surface area contributed by atoms with Crippen molar-refractivity contribution in [1.82, 2.24) is 5.32 Å². The lowest BCUT2D eigenvalue weighted by molar-refractivity contribution is 0.0951. The summed E-state index contributed by atoms with van der Waals surface area (Å²) < 4.78 is 34.2. The monoisotopic (exact) mass is 500 g/mol. The van der Waals surface area contributed by atoms with E-state index in [4.69, 9.17) is 4.74 Å². The average Bonchev–Trinajstić information content (AvgIpc) is 2.92. The van der Waals surface area contributed by atoms with Gasteiger partial charge >= 0.3 is 0 Å². The fraction of sp³-hybridized carbons (Fsp3) is 0.138. The topological polar surface area (TPSA) is 75.7 Å². The lowest BCUT2D eigenvalue weighted by Gasteiger charge is -2.26. The van der Waals surface area contributed by atoms with Gasteiger partial charge in [-0.2, -0.15) is 0 Å². The van der Waals surface area contributed by atoms with E-state index in [9.17, 15) is 13.2 Å². The summed E-state index contributed by atoms with van der Waals surface area (Å²) >= 11 is 0. The van der Waals surface area contributed by atoms with E-state index in [1.807, 2.05) is 61.5 Å². The number of rotatable bonds is 9. The first kappa shape index (κ1) is 25.0. The quantitative estimate of drug-likeness (QED) is 0.337. The predicted molar refractivity (Wildman–Crippen MR) is 142 cm³/mol. The number of carbonyl (C=O) groups is 1. The molecule has 0 spiro atoms. The Morgan fingerprint density at radius 2 is 1.44 bits per heavy atom. The lowest BCUT2D eigenvalue weighted by Crippen LogP contribution is -2.33. The molecule has 0 heterocycles. The SMILES string of the molecule is COc1ccc(S(=O)(=O)N(Cc2ccccc2)c2ccccc2C(=O)NCc2ccc(C)cc2)cc1. The van der Waals surface area contributed by atoms with Gasteiger partial charge in [0, 0.05) is 6.54 Å². The maximum absolute atomic E-state index is 13.9. The molecule has 4 aromatic rings. The molecule has 0 fully saturated rings. The number of amides is 1. The van der Waals surface area contributed by atoms with Crippen LogP contribution >= 0.6 is 0 Å². The van der Waals surface area contributed by atoms with Crippen LogP contribution in [0.1, 0.15) is 27.0 Å². The Balaban J connectivity index is 1.71. The molecule has 0 unspecified atom stereocenters. The van der Waals surface area contributed by atoms with Crippen LogP contribution in [0.25, 0.3) is 0 Å². The van der Waals surface area contributed by atoms with Crippen molar-refractivity contribution in [3.63, 3.8) is 0 Å². The molecule has 1 amide bonds. The molecule has 0 atom stereocenters. The van der Waals surface area contributed by atoms with E-state index in [0.29, 0.717) is 18.0 Å². The highest BCUT2D eigenvalue weighted by Crippen LogP contribution is 2.30. The minimum absolute atomic E-state index is 0.0669. The first-order valence-corrected chi connectivity index (χ1v) is 13.0. The Hall–Kier alpha value is -4.10. The molecule has 0 aliphatic carbocycles. The maximum Gasteiger partial charge on any atom is 0.264 e. The summed E-state index contributed by atoms with van der Waals surface area (Å²) in [6, 6.07) is 30.2. The zero-order chi connectivity index (χ0) is 25.5. The van der Waals surface area contributed by atoms with Crippen LogP contribution < -0.4 is 14.4 Å². The molecule has 1 N–H and O–H groups in total. The molecular formula is C29H28N2O4S. The highest BCUT2D eigenvalue weighted by Gasteiger charge is 2.28. The van der Waals surface area contributed by atoms with Crippen LogP contribution in [0.2, 0.25) is 0 Å². The number of hydrogen-bond donors (Lipinski definition) is 1. The molecule has 0 saturated carbocycles. The summed E-state index contributed by atoms with van der Waals surface area (Å²) in [7, 11) is -2.48. The van der Waals surface area contributed by atoms with Crippen LogP contribution in [0, 0.1) is 6.92 Å². The lowest BCUT2D eigenvalue weighted by atomic mass is 10.1. The maximum atomic E-state index is 13.9. The first-order chi connectivity index (χ1) is 17.4. The van der Waals surface area contributed by atoms with E-state index >= 15 is 0 Å². The number of ether oxygens (including phenoxy) is 1. The molecule has 0 saturated heterocycles. The highest BCUT2D eigenvalue weighted by atomic mass is 32.2. The molecular weight excluding hydrogens is 472 g/mol. The van der Waals surface area contributed by atoms with Gasteiger partial charge in [-0.1, -0.05) is 72.3 Å². The standard InChI is InChI=1S/C29H28N2O4S/c1-22-12-14-23(15-13-22)20-30-29(32)27-10-6-7-11-28(27)31(21-24-8-4-3-5-9-24)36(33,34)26-18-16-25(35-2)17-19-26/h3-19H,20-21H2,1-2H3,(H,30,32). The van der Waals surface area contributed by atoms with Crippen molar-refractivity contribution in [2.45, 2.75) is 24.9 Å². The second kappa shape index (κ2) is 11.1. The van der Waals surface area contributed by atoms with Crippen LogP contribution in [-0.2, 0) is 23.1 Å². The van der Waals surface area contributed by atoms with Crippen LogP contribution in [0.15, 0.2) is 108 Å². The summed E-state index contributed by atoms with van der Waals surface area (Å²) in [4.78, 5) is 13.4. The van der Waals surface area contributed by atoms with E-state index < -0.39 is 10.0 Å². The third kappa shape index (κ3) is 5.75. The van der Waals surface area contributed by atoms with Crippen molar-refractivity contribution in [3.8, 4) is 5.75 Å². The summed E-state index contributed by atoms with van der Waals surface area (Å²) in [5, 5.41) is 2.92. The number of sulfonamides is 1. The average molecular weight is 501 g/mol. The third-order valence-electron chi connectivity index (χ3n) is 5.81. The third-order valence-corrected chi connectivity index (χ3v) is 7.58. The number of methoxy groups -OCH3 is 1. The summed E-state index contributed by atoms with van der Waals surface area (Å²) in [5.41, 5.74) is 3.47. The fourth-order valence-corrected chi connectivity index (χ4v) is 5.26. The van der Waals surface area contributed by atoms with Gasteiger partial charge in [-0.05, 0) is 54.4 Å². The van der Waals surface area contributed by atoms with Crippen molar-refractivity contribution in [3.05, 3.63) is 125 Å². The molecule has 6 nitrogen and oxygen atoms in total. The van der Waals surface area contributed by atoms with Crippen molar-refractivity contribution >= 4 is 21.6 Å². The van der Waals surface area contributed by atoms with Gasteiger partial charge in [0.2, 0.25) is 0 Å². The highest BCUT2D eigenvalue weighted by molar-refractivity contribution is 7.92. The van der Waals surface area contributed by atoms with E-state index in [1.165, 1.54) is 23.5 Å². The number of carbonyl (C=O) groups excluding carboxylic acids is 1. The molecule has 36 heavy (non-hydrogen) atoms. The Morgan fingerprint density at radius 1 is 0.806 bits per heavy atom. The fourth-order valence-electron chi connectivity index (χ4n) is 3.79. The Kier molecular flexibility index (Phi) is 7.71. The molecule has 4 aromatic carbocycles. The summed E-state index contributed by atoms with van der Waals surface area (Å²) in [6.07, 6.45) is 0. The normalized spacial score (nSPS) is 11.1. The van der Waals surface area contributed by atoms with Gasteiger partial charge in [-0.25, -0.2) is 8.42 Å². The summed E-state index contributed by atoms with van der Waals surface area (Å²) in [5.74, 6) is 0.202. The van der Waals surface area contributed by atoms with E-state index in [1.54, 1.807) is 36.4 Å². The van der Waals surface area contributed by atoms with Gasteiger partial charge in [0.05, 0.1) is 29.8 Å².